The number of ether oxygens (including phenoxy) is 1. The number of benzene rings is 1. The fourth-order valence-electron chi connectivity index (χ4n) is 2.65. The lowest BCUT2D eigenvalue weighted by atomic mass is 10.2. The van der Waals surface area contributed by atoms with E-state index in [1.807, 2.05) is 13.8 Å². The smallest absolute Gasteiger partial charge is 0.338 e. The van der Waals surface area contributed by atoms with Crippen LogP contribution in [0.25, 0.3) is 4.96 Å². The Labute approximate surface area is 171 Å². The van der Waals surface area contributed by atoms with E-state index in [-0.39, 0.29) is 18.1 Å². The van der Waals surface area contributed by atoms with Crippen molar-refractivity contribution in [1.29, 1.82) is 0 Å². The van der Waals surface area contributed by atoms with Crippen LogP contribution in [0.5, 0.6) is 0 Å². The molecule has 1 N–H and O–H groups in total. The molecule has 29 heavy (non-hydrogen) atoms. The van der Waals surface area contributed by atoms with Crippen molar-refractivity contribution < 1.29 is 14.3 Å². The number of aromatic nitrogens is 3. The highest BCUT2D eigenvalue weighted by atomic mass is 32.1. The van der Waals surface area contributed by atoms with Crippen LogP contribution in [0.1, 0.15) is 54.2 Å². The number of aryl methyl sites for hydroxylation is 1. The van der Waals surface area contributed by atoms with Crippen LogP contribution in [0.15, 0.2) is 35.1 Å². The normalized spacial score (nSPS) is 10.8. The molecule has 0 unspecified atom stereocenters. The molecule has 0 saturated carbocycles. The molecule has 0 spiro atoms. The monoisotopic (exact) mass is 414 g/mol. The van der Waals surface area contributed by atoms with E-state index in [9.17, 15) is 14.4 Å². The number of nitrogens with zero attached hydrogens (tertiary/aromatic N) is 3. The van der Waals surface area contributed by atoms with Gasteiger partial charge < -0.3 is 10.1 Å². The van der Waals surface area contributed by atoms with E-state index in [1.54, 1.807) is 24.3 Å². The van der Waals surface area contributed by atoms with E-state index in [0.717, 1.165) is 24.3 Å². The third-order valence-electron chi connectivity index (χ3n) is 4.04. The Morgan fingerprint density at radius 1 is 1.17 bits per heavy atom. The zero-order chi connectivity index (χ0) is 20.8. The van der Waals surface area contributed by atoms with Crippen LogP contribution in [0.4, 0.5) is 5.69 Å². The molecule has 0 saturated heterocycles. The summed E-state index contributed by atoms with van der Waals surface area (Å²) in [4.78, 5) is 40.9. The minimum Gasteiger partial charge on any atom is -0.456 e. The number of hydrogen-bond acceptors (Lipinski definition) is 7. The molecule has 9 heteroatoms. The summed E-state index contributed by atoms with van der Waals surface area (Å²) >= 11 is 1.36. The van der Waals surface area contributed by atoms with Crippen molar-refractivity contribution >= 4 is 33.9 Å². The van der Waals surface area contributed by atoms with E-state index in [1.165, 1.54) is 21.9 Å². The van der Waals surface area contributed by atoms with Gasteiger partial charge in [-0.25, -0.2) is 9.78 Å². The third-order valence-corrected chi connectivity index (χ3v) is 5.00. The van der Waals surface area contributed by atoms with Crippen molar-refractivity contribution in [2.24, 2.45) is 0 Å². The van der Waals surface area contributed by atoms with Gasteiger partial charge in [0.25, 0.3) is 5.56 Å². The van der Waals surface area contributed by atoms with Crippen LogP contribution >= 0.6 is 11.3 Å². The van der Waals surface area contributed by atoms with Crippen LogP contribution in [0.3, 0.4) is 0 Å². The van der Waals surface area contributed by atoms with Gasteiger partial charge >= 0.3 is 5.97 Å². The summed E-state index contributed by atoms with van der Waals surface area (Å²) < 4.78 is 6.55. The number of nitrogens with one attached hydrogen (secondary N) is 1. The second-order valence-electron chi connectivity index (χ2n) is 6.48. The highest BCUT2D eigenvalue weighted by molar-refractivity contribution is 7.16. The first-order chi connectivity index (χ1) is 14.0. The Morgan fingerprint density at radius 2 is 1.93 bits per heavy atom. The largest absolute Gasteiger partial charge is 0.456 e. The van der Waals surface area contributed by atoms with Gasteiger partial charge in [-0.1, -0.05) is 25.2 Å². The molecule has 0 bridgehead atoms. The molecule has 0 aliphatic carbocycles. The molecule has 0 aliphatic heterocycles. The van der Waals surface area contributed by atoms with Crippen LogP contribution in [-0.2, 0) is 22.6 Å². The minimum absolute atomic E-state index is 0.0688. The Kier molecular flexibility index (Phi) is 6.71. The Hall–Kier alpha value is -3.07. The van der Waals surface area contributed by atoms with E-state index >= 15 is 0 Å². The van der Waals surface area contributed by atoms with Gasteiger partial charge in [0.15, 0.2) is 0 Å². The van der Waals surface area contributed by atoms with Gasteiger partial charge in [0.1, 0.15) is 11.6 Å². The van der Waals surface area contributed by atoms with Gasteiger partial charge in [0, 0.05) is 24.6 Å². The molecule has 1 aromatic carbocycles. The Bertz CT molecular complexity index is 1070. The first-order valence-electron chi connectivity index (χ1n) is 9.46. The molecule has 0 atom stereocenters. The highest BCUT2D eigenvalue weighted by Gasteiger charge is 2.12. The minimum atomic E-state index is -0.533. The molecule has 3 aromatic rings. The summed E-state index contributed by atoms with van der Waals surface area (Å²) in [7, 11) is 0. The zero-order valence-electron chi connectivity index (χ0n) is 16.3. The lowest BCUT2D eigenvalue weighted by Gasteiger charge is -2.07. The number of rotatable bonds is 8. The summed E-state index contributed by atoms with van der Waals surface area (Å²) in [5.41, 5.74) is 1.04. The van der Waals surface area contributed by atoms with Gasteiger partial charge in [-0.3, -0.25) is 9.59 Å². The molecule has 3 rings (SSSR count). The van der Waals surface area contributed by atoms with Gasteiger partial charge in [-0.2, -0.15) is 9.61 Å². The molecule has 2 aromatic heterocycles. The number of carbonyl (C=O) groups excluding carboxylic acids is 2. The lowest BCUT2D eigenvalue weighted by molar-refractivity contribution is -0.116. The van der Waals surface area contributed by atoms with Crippen molar-refractivity contribution in [3.63, 3.8) is 0 Å². The molecule has 0 radical (unpaired) electrons. The molecule has 8 nitrogen and oxygen atoms in total. The number of hydrogen-bond donors (Lipinski definition) is 1. The van der Waals surface area contributed by atoms with E-state index in [4.69, 9.17) is 4.74 Å². The maximum atomic E-state index is 12.3. The van der Waals surface area contributed by atoms with Gasteiger partial charge in [0.2, 0.25) is 10.9 Å². The van der Waals surface area contributed by atoms with Crippen molar-refractivity contribution in [2.45, 2.75) is 46.1 Å². The molecule has 152 valence electrons. The third kappa shape index (κ3) is 5.26. The second-order valence-corrected chi connectivity index (χ2v) is 7.52. The number of fused-ring (bicyclic) bond motifs is 1. The van der Waals surface area contributed by atoms with Gasteiger partial charge in [-0.05, 0) is 37.1 Å². The Morgan fingerprint density at radius 3 is 2.62 bits per heavy atom. The second kappa shape index (κ2) is 9.42. The average molecular weight is 414 g/mol. The summed E-state index contributed by atoms with van der Waals surface area (Å²) in [6.45, 7) is 3.86. The van der Waals surface area contributed by atoms with Crippen LogP contribution in [-0.4, -0.2) is 26.5 Å². The number of amides is 1. The fourth-order valence-corrected chi connectivity index (χ4v) is 3.67. The summed E-state index contributed by atoms with van der Waals surface area (Å²) in [5.74, 6) is -0.602. The first-order valence-corrected chi connectivity index (χ1v) is 10.3. The number of esters is 1. The maximum absolute atomic E-state index is 12.3. The van der Waals surface area contributed by atoms with E-state index < -0.39 is 5.97 Å². The number of carbonyl (C=O) groups is 2. The first kappa shape index (κ1) is 20.7. The summed E-state index contributed by atoms with van der Waals surface area (Å²) in [6.07, 6.45) is 2.93. The number of anilines is 1. The van der Waals surface area contributed by atoms with E-state index in [0.29, 0.717) is 28.3 Å². The van der Waals surface area contributed by atoms with Crippen molar-refractivity contribution in [3.8, 4) is 0 Å². The maximum Gasteiger partial charge on any atom is 0.338 e. The van der Waals surface area contributed by atoms with Crippen LogP contribution in [0, 0.1) is 0 Å². The molecule has 1 amide bonds. The zero-order valence-corrected chi connectivity index (χ0v) is 17.1. The summed E-state index contributed by atoms with van der Waals surface area (Å²) in [6, 6.07) is 7.77. The molecular formula is C20H22N4O4S. The summed E-state index contributed by atoms with van der Waals surface area (Å²) in [5, 5.41) is 7.85. The topological polar surface area (TPSA) is 103 Å². The molecule has 0 fully saturated rings. The van der Waals surface area contributed by atoms with Crippen molar-refractivity contribution in [3.05, 3.63) is 57.0 Å². The van der Waals surface area contributed by atoms with E-state index in [2.05, 4.69) is 15.4 Å². The predicted octanol–water partition coefficient (Wildman–Crippen LogP) is 3.20. The van der Waals surface area contributed by atoms with Crippen LogP contribution < -0.4 is 10.9 Å². The molecule has 0 aliphatic rings. The molecular weight excluding hydrogens is 392 g/mol. The Balaban J connectivity index is 1.64. The standard InChI is InChI=1S/C20H22N4O4S/c1-3-5-16(25)21-14-9-7-13(8-10-14)19(27)28-12-15-11-18(26)24-20(22-15)29-17(23-24)6-4-2/h7-11H,3-6,12H2,1-2H3,(H,21,25). The quantitative estimate of drug-likeness (QED) is 0.568. The highest BCUT2D eigenvalue weighted by Crippen LogP contribution is 2.14. The SMILES string of the molecule is CCCC(=O)Nc1ccc(C(=O)OCc2cc(=O)n3nc(CCC)sc3n2)cc1. The van der Waals surface area contributed by atoms with Crippen molar-refractivity contribution in [1.82, 2.24) is 14.6 Å². The molecule has 2 heterocycles. The fraction of sp³-hybridized carbons (Fsp3) is 0.350. The average Bonchev–Trinajstić information content (AvgIpc) is 3.10. The van der Waals surface area contributed by atoms with Crippen LogP contribution in [0.2, 0.25) is 0 Å². The van der Waals surface area contributed by atoms with Gasteiger partial charge in [-0.15, -0.1) is 0 Å². The lowest BCUT2D eigenvalue weighted by Crippen LogP contribution is -2.16. The van der Waals surface area contributed by atoms with Gasteiger partial charge in [0.05, 0.1) is 11.3 Å². The van der Waals surface area contributed by atoms with Crippen molar-refractivity contribution in [2.75, 3.05) is 5.32 Å². The predicted molar refractivity (Wildman–Crippen MR) is 110 cm³/mol.